The van der Waals surface area contributed by atoms with Crippen molar-refractivity contribution in [2.45, 2.75) is 21.9 Å². The molecule has 0 saturated carbocycles. The Morgan fingerprint density at radius 1 is 1.21 bits per heavy atom. The predicted octanol–water partition coefficient (Wildman–Crippen LogP) is 4.69. The van der Waals surface area contributed by atoms with Crippen LogP contribution in [0.2, 0.25) is 0 Å². The summed E-state index contributed by atoms with van der Waals surface area (Å²) in [5.74, 6) is 0.435. The third-order valence-corrected chi connectivity index (χ3v) is 3.35. The maximum atomic E-state index is 6.08. The van der Waals surface area contributed by atoms with Crippen molar-refractivity contribution in [2.24, 2.45) is 0 Å². The van der Waals surface area contributed by atoms with Crippen LogP contribution in [0.15, 0.2) is 18.2 Å². The van der Waals surface area contributed by atoms with Crippen LogP contribution in [0.4, 0.5) is 5.69 Å². The van der Waals surface area contributed by atoms with E-state index in [1.54, 1.807) is 0 Å². The van der Waals surface area contributed by atoms with Crippen LogP contribution in [0.5, 0.6) is 0 Å². The molecule has 0 aromatic heterocycles. The molecule has 0 heterocycles. The zero-order chi connectivity index (χ0) is 10.9. The Hall–Kier alpha value is 0.460. The van der Waals surface area contributed by atoms with Gasteiger partial charge in [-0.15, -0.1) is 0 Å². The van der Waals surface area contributed by atoms with Gasteiger partial charge in [0, 0.05) is 11.3 Å². The Morgan fingerprint density at radius 3 is 2.21 bits per heavy atom. The van der Waals surface area contributed by atoms with Gasteiger partial charge < -0.3 is 5.73 Å². The van der Waals surface area contributed by atoms with Crippen molar-refractivity contribution < 1.29 is 0 Å². The number of halogens is 3. The van der Waals surface area contributed by atoms with Gasteiger partial charge >= 0.3 is 0 Å². The highest BCUT2D eigenvalue weighted by Crippen LogP contribution is 2.47. The van der Waals surface area contributed by atoms with Crippen LogP contribution in [0.3, 0.4) is 0 Å². The van der Waals surface area contributed by atoms with Crippen LogP contribution in [-0.2, 0) is 2.14 Å². The summed E-state index contributed by atoms with van der Waals surface area (Å²) in [7, 11) is 0. The fourth-order valence-corrected chi connectivity index (χ4v) is 2.37. The molecule has 4 heteroatoms. The lowest BCUT2D eigenvalue weighted by atomic mass is 9.99. The molecular weight excluding hydrogens is 374 g/mol. The molecule has 0 aliphatic carbocycles. The van der Waals surface area contributed by atoms with Gasteiger partial charge in [0.15, 0.2) is 2.14 Å². The zero-order valence-electron chi connectivity index (χ0n) is 8.02. The molecule has 0 saturated heterocycles. The molecule has 0 bridgehead atoms. The standard InChI is InChI=1S/C10H12Br3N/c1-6(2)7-4-3-5-8(9(7)14)10(11,12)13/h3-6H,14H2,1-2H3. The molecule has 1 nitrogen and oxygen atoms in total. The van der Waals surface area contributed by atoms with E-state index in [9.17, 15) is 0 Å². The number of para-hydroxylation sites is 1. The third-order valence-electron chi connectivity index (χ3n) is 2.07. The molecule has 1 aromatic carbocycles. The maximum Gasteiger partial charge on any atom is 0.161 e. The van der Waals surface area contributed by atoms with E-state index in [4.69, 9.17) is 5.73 Å². The smallest absolute Gasteiger partial charge is 0.161 e. The van der Waals surface area contributed by atoms with E-state index >= 15 is 0 Å². The zero-order valence-corrected chi connectivity index (χ0v) is 12.8. The molecule has 1 aromatic rings. The van der Waals surface area contributed by atoms with Gasteiger partial charge in [-0.3, -0.25) is 0 Å². The predicted molar refractivity (Wildman–Crippen MR) is 73.4 cm³/mol. The van der Waals surface area contributed by atoms with Crippen LogP contribution in [0, 0.1) is 0 Å². The molecule has 0 aliphatic heterocycles. The minimum Gasteiger partial charge on any atom is -0.398 e. The Kier molecular flexibility index (Phi) is 4.06. The van der Waals surface area contributed by atoms with Crippen molar-refractivity contribution in [1.82, 2.24) is 0 Å². The van der Waals surface area contributed by atoms with Crippen LogP contribution in [0.1, 0.15) is 30.9 Å². The van der Waals surface area contributed by atoms with E-state index in [1.165, 1.54) is 5.56 Å². The van der Waals surface area contributed by atoms with Crippen molar-refractivity contribution in [2.75, 3.05) is 5.73 Å². The Labute approximate surface area is 110 Å². The lowest BCUT2D eigenvalue weighted by Crippen LogP contribution is -2.07. The monoisotopic (exact) mass is 383 g/mol. The third kappa shape index (κ3) is 2.74. The largest absolute Gasteiger partial charge is 0.398 e. The number of hydrogen-bond acceptors (Lipinski definition) is 1. The summed E-state index contributed by atoms with van der Waals surface area (Å²) in [4.78, 5) is 0. The highest BCUT2D eigenvalue weighted by Gasteiger charge is 2.24. The summed E-state index contributed by atoms with van der Waals surface area (Å²) in [5, 5.41) is 0. The van der Waals surface area contributed by atoms with Gasteiger partial charge in [0.05, 0.1) is 0 Å². The molecule has 78 valence electrons. The van der Waals surface area contributed by atoms with Gasteiger partial charge in [-0.25, -0.2) is 0 Å². The molecule has 2 N–H and O–H groups in total. The molecule has 0 amide bonds. The highest BCUT2D eigenvalue weighted by atomic mass is 80.0. The Bertz CT molecular complexity index is 329. The summed E-state index contributed by atoms with van der Waals surface area (Å²) in [6.45, 7) is 4.27. The normalized spacial score (nSPS) is 12.1. The first-order chi connectivity index (χ1) is 6.34. The number of hydrogen-bond donors (Lipinski definition) is 1. The van der Waals surface area contributed by atoms with E-state index in [0.717, 1.165) is 11.3 Å². The summed E-state index contributed by atoms with van der Waals surface area (Å²) in [5.41, 5.74) is 9.08. The van der Waals surface area contributed by atoms with Gasteiger partial charge in [-0.05, 0) is 11.5 Å². The first-order valence-electron chi connectivity index (χ1n) is 4.29. The molecule has 0 radical (unpaired) electrons. The van der Waals surface area contributed by atoms with E-state index in [-0.39, 0.29) is 0 Å². The topological polar surface area (TPSA) is 26.0 Å². The molecule has 0 unspecified atom stereocenters. The number of alkyl halides is 3. The molecule has 1 rings (SSSR count). The number of nitrogen functional groups attached to an aromatic ring is 1. The first kappa shape index (κ1) is 12.5. The second-order valence-corrected chi connectivity index (χ2v) is 10.2. The van der Waals surface area contributed by atoms with Gasteiger partial charge in [0.25, 0.3) is 0 Å². The summed E-state index contributed by atoms with van der Waals surface area (Å²) in [6.07, 6.45) is 0. The Morgan fingerprint density at radius 2 is 1.79 bits per heavy atom. The second kappa shape index (κ2) is 4.54. The minimum absolute atomic E-state index is 0.429. The van der Waals surface area contributed by atoms with Gasteiger partial charge in [-0.2, -0.15) is 0 Å². The molecule has 14 heavy (non-hydrogen) atoms. The lowest BCUT2D eigenvalue weighted by Gasteiger charge is -2.19. The van der Waals surface area contributed by atoms with Gasteiger partial charge in [0.2, 0.25) is 0 Å². The van der Waals surface area contributed by atoms with Crippen LogP contribution < -0.4 is 5.73 Å². The van der Waals surface area contributed by atoms with Crippen LogP contribution >= 0.6 is 47.8 Å². The molecule has 0 spiro atoms. The maximum absolute atomic E-state index is 6.08. The summed E-state index contributed by atoms with van der Waals surface area (Å²) in [6, 6.07) is 6.06. The molecular formula is C10H12Br3N. The second-order valence-electron chi connectivity index (χ2n) is 3.46. The number of rotatable bonds is 1. The van der Waals surface area contributed by atoms with Crippen molar-refractivity contribution in [1.29, 1.82) is 0 Å². The number of nitrogens with two attached hydrogens (primary N) is 1. The highest BCUT2D eigenvalue weighted by molar-refractivity contribution is 9.38. The lowest BCUT2D eigenvalue weighted by molar-refractivity contribution is 0.868. The van der Waals surface area contributed by atoms with E-state index < -0.39 is 2.14 Å². The SMILES string of the molecule is CC(C)c1cccc(C(Br)(Br)Br)c1N. The van der Waals surface area contributed by atoms with Crippen LogP contribution in [0.25, 0.3) is 0 Å². The van der Waals surface area contributed by atoms with E-state index in [2.05, 4.69) is 67.7 Å². The van der Waals surface area contributed by atoms with E-state index in [0.29, 0.717) is 5.92 Å². The Balaban J connectivity index is 3.28. The fraction of sp³-hybridized carbons (Fsp3) is 0.400. The summed E-state index contributed by atoms with van der Waals surface area (Å²) < 4.78 is -0.429. The van der Waals surface area contributed by atoms with Crippen LogP contribution in [-0.4, -0.2) is 0 Å². The van der Waals surface area contributed by atoms with Crippen molar-refractivity contribution in [3.63, 3.8) is 0 Å². The molecule has 0 atom stereocenters. The number of anilines is 1. The van der Waals surface area contributed by atoms with Crippen molar-refractivity contribution in [3.05, 3.63) is 29.3 Å². The fourth-order valence-electron chi connectivity index (χ4n) is 1.33. The first-order valence-corrected chi connectivity index (χ1v) is 6.67. The molecule has 0 aliphatic rings. The minimum atomic E-state index is -0.429. The van der Waals surface area contributed by atoms with Gasteiger partial charge in [0.1, 0.15) is 0 Å². The average molecular weight is 386 g/mol. The summed E-state index contributed by atoms with van der Waals surface area (Å²) >= 11 is 10.4. The molecule has 0 fully saturated rings. The van der Waals surface area contributed by atoms with Crippen molar-refractivity contribution in [3.8, 4) is 0 Å². The van der Waals surface area contributed by atoms with E-state index in [1.807, 2.05) is 12.1 Å². The number of benzene rings is 1. The quantitative estimate of drug-likeness (QED) is 0.551. The average Bonchev–Trinajstić information content (AvgIpc) is 2.01. The van der Waals surface area contributed by atoms with Gasteiger partial charge in [-0.1, -0.05) is 79.8 Å². The van der Waals surface area contributed by atoms with Crippen molar-refractivity contribution >= 4 is 53.5 Å².